The standard InChI is InChI=1S/C14H15BrF3N3/c1-8-5-10(21(2)20-8)7-13(19)11-6-9(14(16,17)18)3-4-12(11)15/h3-6,13H,7,19H2,1-2H3. The largest absolute Gasteiger partial charge is 0.416 e. The number of halogens is 4. The van der Waals surface area contributed by atoms with Crippen molar-refractivity contribution in [3.05, 3.63) is 51.3 Å². The van der Waals surface area contributed by atoms with Crippen molar-refractivity contribution in [1.29, 1.82) is 0 Å². The second-order valence-corrected chi connectivity index (χ2v) is 5.80. The van der Waals surface area contributed by atoms with Crippen LogP contribution in [0.4, 0.5) is 13.2 Å². The maximum atomic E-state index is 12.8. The molecule has 1 heterocycles. The molecule has 1 aromatic heterocycles. The number of hydrogen-bond acceptors (Lipinski definition) is 2. The zero-order chi connectivity index (χ0) is 15.8. The lowest BCUT2D eigenvalue weighted by Gasteiger charge is -2.16. The molecule has 0 saturated heterocycles. The van der Waals surface area contributed by atoms with Crippen molar-refractivity contribution in [1.82, 2.24) is 9.78 Å². The van der Waals surface area contributed by atoms with Gasteiger partial charge in [0.2, 0.25) is 0 Å². The van der Waals surface area contributed by atoms with E-state index in [4.69, 9.17) is 5.73 Å². The van der Waals surface area contributed by atoms with Gasteiger partial charge in [-0.05, 0) is 36.8 Å². The van der Waals surface area contributed by atoms with Crippen molar-refractivity contribution in [2.24, 2.45) is 12.8 Å². The minimum Gasteiger partial charge on any atom is -0.324 e. The van der Waals surface area contributed by atoms with Crippen LogP contribution in [-0.4, -0.2) is 9.78 Å². The molecule has 1 unspecified atom stereocenters. The highest BCUT2D eigenvalue weighted by molar-refractivity contribution is 9.10. The number of hydrogen-bond donors (Lipinski definition) is 1. The van der Waals surface area contributed by atoms with Gasteiger partial charge in [0.1, 0.15) is 0 Å². The third kappa shape index (κ3) is 3.65. The molecule has 0 aliphatic rings. The predicted molar refractivity (Wildman–Crippen MR) is 77.7 cm³/mol. The van der Waals surface area contributed by atoms with Gasteiger partial charge in [0.05, 0.1) is 11.3 Å². The first-order chi connectivity index (χ1) is 9.68. The molecule has 2 aromatic rings. The number of nitrogens with two attached hydrogens (primary N) is 1. The van der Waals surface area contributed by atoms with Gasteiger partial charge in [-0.15, -0.1) is 0 Å². The average Bonchev–Trinajstić information content (AvgIpc) is 2.66. The lowest BCUT2D eigenvalue weighted by molar-refractivity contribution is -0.137. The monoisotopic (exact) mass is 361 g/mol. The number of rotatable bonds is 3. The fourth-order valence-electron chi connectivity index (χ4n) is 2.19. The Morgan fingerprint density at radius 1 is 1.33 bits per heavy atom. The van der Waals surface area contributed by atoms with Crippen LogP contribution in [0, 0.1) is 6.92 Å². The summed E-state index contributed by atoms with van der Waals surface area (Å²) in [4.78, 5) is 0. The van der Waals surface area contributed by atoms with E-state index in [0.717, 1.165) is 23.5 Å². The van der Waals surface area contributed by atoms with E-state index in [-0.39, 0.29) is 0 Å². The number of benzene rings is 1. The molecule has 0 amide bonds. The molecule has 3 nitrogen and oxygen atoms in total. The molecule has 1 atom stereocenters. The summed E-state index contributed by atoms with van der Waals surface area (Å²) in [5.41, 5.74) is 7.55. The van der Waals surface area contributed by atoms with Crippen molar-refractivity contribution in [2.45, 2.75) is 25.6 Å². The maximum Gasteiger partial charge on any atom is 0.416 e. The van der Waals surface area contributed by atoms with Gasteiger partial charge in [-0.1, -0.05) is 15.9 Å². The molecule has 0 aliphatic carbocycles. The highest BCUT2D eigenvalue weighted by Crippen LogP contribution is 2.34. The van der Waals surface area contributed by atoms with Crippen LogP contribution in [0.2, 0.25) is 0 Å². The van der Waals surface area contributed by atoms with Crippen molar-refractivity contribution >= 4 is 15.9 Å². The van der Waals surface area contributed by atoms with E-state index < -0.39 is 17.8 Å². The lowest BCUT2D eigenvalue weighted by Crippen LogP contribution is -2.17. The second-order valence-electron chi connectivity index (χ2n) is 4.95. The van der Waals surface area contributed by atoms with E-state index in [1.54, 1.807) is 11.7 Å². The molecule has 0 saturated carbocycles. The minimum absolute atomic E-state index is 0.414. The highest BCUT2D eigenvalue weighted by Gasteiger charge is 2.31. The summed E-state index contributed by atoms with van der Waals surface area (Å²) in [5, 5.41) is 4.21. The SMILES string of the molecule is Cc1cc(CC(N)c2cc(C(F)(F)F)ccc2Br)n(C)n1. The van der Waals surface area contributed by atoms with Crippen LogP contribution >= 0.6 is 15.9 Å². The van der Waals surface area contributed by atoms with E-state index >= 15 is 0 Å². The summed E-state index contributed by atoms with van der Waals surface area (Å²) in [5.74, 6) is 0. The first-order valence-electron chi connectivity index (χ1n) is 6.30. The van der Waals surface area contributed by atoms with Gasteiger partial charge in [0.25, 0.3) is 0 Å². The van der Waals surface area contributed by atoms with E-state index in [2.05, 4.69) is 21.0 Å². The molecule has 0 fully saturated rings. The average molecular weight is 362 g/mol. The minimum atomic E-state index is -4.38. The molecular formula is C14H15BrF3N3. The van der Waals surface area contributed by atoms with Crippen molar-refractivity contribution < 1.29 is 13.2 Å². The smallest absolute Gasteiger partial charge is 0.324 e. The molecule has 1 aromatic carbocycles. The fraction of sp³-hybridized carbons (Fsp3) is 0.357. The Balaban J connectivity index is 2.30. The van der Waals surface area contributed by atoms with E-state index in [1.807, 2.05) is 13.0 Å². The predicted octanol–water partition coefficient (Wildman–Crippen LogP) is 3.75. The Morgan fingerprint density at radius 3 is 2.52 bits per heavy atom. The molecule has 0 radical (unpaired) electrons. The van der Waals surface area contributed by atoms with E-state index in [1.165, 1.54) is 6.07 Å². The third-order valence-corrected chi connectivity index (χ3v) is 3.97. The van der Waals surface area contributed by atoms with Crippen LogP contribution in [0.25, 0.3) is 0 Å². The van der Waals surface area contributed by atoms with Crippen LogP contribution < -0.4 is 5.73 Å². The Hall–Kier alpha value is -1.34. The molecule has 2 N–H and O–H groups in total. The normalized spacial score (nSPS) is 13.5. The molecule has 114 valence electrons. The Morgan fingerprint density at radius 2 is 2.00 bits per heavy atom. The summed E-state index contributed by atoms with van der Waals surface area (Å²) >= 11 is 3.27. The number of nitrogens with zero attached hydrogens (tertiary/aromatic N) is 2. The molecule has 0 spiro atoms. The first-order valence-corrected chi connectivity index (χ1v) is 7.09. The van der Waals surface area contributed by atoms with Gasteiger partial charge in [-0.25, -0.2) is 0 Å². The van der Waals surface area contributed by atoms with Crippen molar-refractivity contribution in [3.8, 4) is 0 Å². The third-order valence-electron chi connectivity index (χ3n) is 3.25. The molecule has 0 bridgehead atoms. The fourth-order valence-corrected chi connectivity index (χ4v) is 2.74. The Bertz CT molecular complexity index is 649. The summed E-state index contributed by atoms with van der Waals surface area (Å²) in [6.45, 7) is 1.86. The van der Waals surface area contributed by atoms with Crippen molar-refractivity contribution in [3.63, 3.8) is 0 Å². The Labute approximate surface area is 129 Å². The molecule has 7 heteroatoms. The maximum absolute atomic E-state index is 12.8. The lowest BCUT2D eigenvalue weighted by atomic mass is 10.0. The number of aromatic nitrogens is 2. The van der Waals surface area contributed by atoms with Gasteiger partial charge in [0, 0.05) is 29.7 Å². The topological polar surface area (TPSA) is 43.8 Å². The summed E-state index contributed by atoms with van der Waals surface area (Å²) < 4.78 is 40.6. The van der Waals surface area contributed by atoms with Gasteiger partial charge < -0.3 is 5.73 Å². The Kier molecular flexibility index (Phi) is 4.43. The van der Waals surface area contributed by atoms with Gasteiger partial charge in [0.15, 0.2) is 0 Å². The summed E-state index contributed by atoms with van der Waals surface area (Å²) in [6.07, 6.45) is -3.96. The zero-order valence-corrected chi connectivity index (χ0v) is 13.2. The van der Waals surface area contributed by atoms with Crippen molar-refractivity contribution in [2.75, 3.05) is 0 Å². The second kappa shape index (κ2) is 5.81. The van der Waals surface area contributed by atoms with Crippen LogP contribution in [0.3, 0.4) is 0 Å². The van der Waals surface area contributed by atoms with Gasteiger partial charge in [-0.2, -0.15) is 18.3 Å². The first kappa shape index (κ1) is 16.0. The van der Waals surface area contributed by atoms with Crippen LogP contribution in [-0.2, 0) is 19.6 Å². The number of aryl methyl sites for hydroxylation is 2. The van der Waals surface area contributed by atoms with E-state index in [0.29, 0.717) is 16.5 Å². The van der Waals surface area contributed by atoms with Crippen LogP contribution in [0.15, 0.2) is 28.7 Å². The van der Waals surface area contributed by atoms with Crippen LogP contribution in [0.1, 0.15) is 28.6 Å². The van der Waals surface area contributed by atoms with Gasteiger partial charge in [-0.3, -0.25) is 4.68 Å². The quantitative estimate of drug-likeness (QED) is 0.904. The highest BCUT2D eigenvalue weighted by atomic mass is 79.9. The number of alkyl halides is 3. The molecule has 0 aliphatic heterocycles. The summed E-state index contributed by atoms with van der Waals surface area (Å²) in [7, 11) is 1.79. The molecule has 2 rings (SSSR count). The van der Waals surface area contributed by atoms with Crippen LogP contribution in [0.5, 0.6) is 0 Å². The summed E-state index contributed by atoms with van der Waals surface area (Å²) in [6, 6.07) is 4.84. The van der Waals surface area contributed by atoms with Gasteiger partial charge >= 0.3 is 6.18 Å². The molecular weight excluding hydrogens is 347 g/mol. The zero-order valence-electron chi connectivity index (χ0n) is 11.6. The van der Waals surface area contributed by atoms with E-state index in [9.17, 15) is 13.2 Å². The molecule has 21 heavy (non-hydrogen) atoms.